The van der Waals surface area contributed by atoms with E-state index in [0.717, 1.165) is 5.56 Å². The standard InChI is InChI=1S/C21H20ClN3O4S/c1-13-19(30-18(24-13)12-29-17-9-5-15(22)6-10-17)20(26)23-11-14-3-7-16(8-4-14)25-21(27)28-2/h3-10H,11-12H2,1-2H3,(H,23,26)(H,25,27). The molecule has 3 rings (SSSR count). The molecule has 0 spiro atoms. The van der Waals surface area contributed by atoms with E-state index in [2.05, 4.69) is 20.4 Å². The molecule has 0 atom stereocenters. The highest BCUT2D eigenvalue weighted by atomic mass is 35.5. The maximum absolute atomic E-state index is 12.5. The minimum Gasteiger partial charge on any atom is -0.486 e. The Kier molecular flexibility index (Phi) is 7.26. The highest BCUT2D eigenvalue weighted by molar-refractivity contribution is 7.13. The molecule has 1 aromatic heterocycles. The third kappa shape index (κ3) is 5.95. The number of nitrogens with zero attached hydrogens (tertiary/aromatic N) is 1. The number of thiazole rings is 1. The van der Waals surface area contributed by atoms with Gasteiger partial charge in [-0.3, -0.25) is 10.1 Å². The molecule has 0 radical (unpaired) electrons. The van der Waals surface area contributed by atoms with E-state index >= 15 is 0 Å². The Morgan fingerprint density at radius 1 is 1.10 bits per heavy atom. The molecule has 0 saturated heterocycles. The molecule has 9 heteroatoms. The molecule has 2 N–H and O–H groups in total. The summed E-state index contributed by atoms with van der Waals surface area (Å²) in [7, 11) is 1.30. The zero-order valence-electron chi connectivity index (χ0n) is 16.4. The molecule has 0 saturated carbocycles. The van der Waals surface area contributed by atoms with E-state index in [1.165, 1.54) is 18.4 Å². The summed E-state index contributed by atoms with van der Waals surface area (Å²) >= 11 is 7.16. The van der Waals surface area contributed by atoms with Crippen LogP contribution in [0.25, 0.3) is 0 Å². The van der Waals surface area contributed by atoms with Gasteiger partial charge in [0.2, 0.25) is 0 Å². The number of aromatic nitrogens is 1. The van der Waals surface area contributed by atoms with E-state index < -0.39 is 6.09 Å². The minimum atomic E-state index is -0.535. The largest absolute Gasteiger partial charge is 0.486 e. The number of carbonyl (C=O) groups is 2. The lowest BCUT2D eigenvalue weighted by Crippen LogP contribution is -2.22. The lowest BCUT2D eigenvalue weighted by Gasteiger charge is -2.07. The Bertz CT molecular complexity index is 1020. The summed E-state index contributed by atoms with van der Waals surface area (Å²) in [6.07, 6.45) is -0.535. The van der Waals surface area contributed by atoms with Gasteiger partial charge >= 0.3 is 6.09 Å². The van der Waals surface area contributed by atoms with Crippen LogP contribution in [-0.4, -0.2) is 24.1 Å². The molecule has 1 heterocycles. The van der Waals surface area contributed by atoms with Crippen LogP contribution in [0.4, 0.5) is 10.5 Å². The SMILES string of the molecule is COC(=O)Nc1ccc(CNC(=O)c2sc(COc3ccc(Cl)cc3)nc2C)cc1. The first kappa shape index (κ1) is 21.6. The molecule has 7 nitrogen and oxygen atoms in total. The highest BCUT2D eigenvalue weighted by Gasteiger charge is 2.15. The zero-order chi connectivity index (χ0) is 21.5. The molecular formula is C21H20ClN3O4S. The number of methoxy groups -OCH3 is 1. The van der Waals surface area contributed by atoms with E-state index in [9.17, 15) is 9.59 Å². The normalized spacial score (nSPS) is 10.4. The van der Waals surface area contributed by atoms with Gasteiger partial charge in [0.1, 0.15) is 22.2 Å². The third-order valence-electron chi connectivity index (χ3n) is 4.06. The van der Waals surface area contributed by atoms with Crippen LogP contribution in [0.3, 0.4) is 0 Å². The lowest BCUT2D eigenvalue weighted by atomic mass is 10.2. The van der Waals surface area contributed by atoms with Gasteiger partial charge in [0.05, 0.1) is 12.8 Å². The monoisotopic (exact) mass is 445 g/mol. The van der Waals surface area contributed by atoms with Crippen LogP contribution in [0.1, 0.15) is 25.9 Å². The molecule has 2 aromatic carbocycles. The Labute approximate surface area is 183 Å². The summed E-state index contributed by atoms with van der Waals surface area (Å²) in [6, 6.07) is 14.2. The summed E-state index contributed by atoms with van der Waals surface area (Å²) in [5.74, 6) is 0.489. The Morgan fingerprint density at radius 3 is 2.47 bits per heavy atom. The van der Waals surface area contributed by atoms with Crippen molar-refractivity contribution in [3.63, 3.8) is 0 Å². The van der Waals surface area contributed by atoms with Gasteiger partial charge < -0.3 is 14.8 Å². The molecule has 0 bridgehead atoms. The number of aryl methyl sites for hydroxylation is 1. The average Bonchev–Trinajstić information content (AvgIpc) is 3.13. The summed E-state index contributed by atoms with van der Waals surface area (Å²) in [6.45, 7) is 2.42. The molecule has 0 aliphatic rings. The van der Waals surface area contributed by atoms with Crippen molar-refractivity contribution in [2.45, 2.75) is 20.1 Å². The molecule has 0 aliphatic heterocycles. The second-order valence-corrected chi connectivity index (χ2v) is 7.78. The molecule has 30 heavy (non-hydrogen) atoms. The van der Waals surface area contributed by atoms with Crippen molar-refractivity contribution in [3.8, 4) is 5.75 Å². The molecule has 0 fully saturated rings. The van der Waals surface area contributed by atoms with Gasteiger partial charge in [0.25, 0.3) is 5.91 Å². The van der Waals surface area contributed by atoms with Crippen LogP contribution in [0, 0.1) is 6.92 Å². The number of halogens is 1. The number of ether oxygens (including phenoxy) is 2. The Hall–Kier alpha value is -3.10. The van der Waals surface area contributed by atoms with Crippen LogP contribution >= 0.6 is 22.9 Å². The number of anilines is 1. The summed E-state index contributed by atoms with van der Waals surface area (Å²) < 4.78 is 10.2. The average molecular weight is 446 g/mol. The number of hydrogen-bond donors (Lipinski definition) is 2. The number of benzene rings is 2. The summed E-state index contributed by atoms with van der Waals surface area (Å²) in [5, 5.41) is 6.81. The molecule has 3 aromatic rings. The van der Waals surface area contributed by atoms with Crippen LogP contribution in [-0.2, 0) is 17.9 Å². The number of carbonyl (C=O) groups excluding carboxylic acids is 2. The first-order valence-corrected chi connectivity index (χ1v) is 10.2. The van der Waals surface area contributed by atoms with E-state index in [4.69, 9.17) is 16.3 Å². The van der Waals surface area contributed by atoms with E-state index in [-0.39, 0.29) is 12.5 Å². The fourth-order valence-corrected chi connectivity index (χ4v) is 3.56. The van der Waals surface area contributed by atoms with Gasteiger partial charge in [-0.05, 0) is 48.9 Å². The van der Waals surface area contributed by atoms with Crippen LogP contribution in [0.2, 0.25) is 5.02 Å². The quantitative estimate of drug-likeness (QED) is 0.545. The topological polar surface area (TPSA) is 89.6 Å². The van der Waals surface area contributed by atoms with E-state index in [1.54, 1.807) is 43.3 Å². The van der Waals surface area contributed by atoms with E-state index in [1.807, 2.05) is 12.1 Å². The predicted octanol–water partition coefficient (Wildman–Crippen LogP) is 4.79. The highest BCUT2D eigenvalue weighted by Crippen LogP contribution is 2.21. The van der Waals surface area contributed by atoms with Crippen LogP contribution in [0.5, 0.6) is 5.75 Å². The molecule has 156 valence electrons. The zero-order valence-corrected chi connectivity index (χ0v) is 18.0. The van der Waals surface area contributed by atoms with Crippen molar-refractivity contribution in [1.29, 1.82) is 0 Å². The number of amides is 2. The number of nitrogens with one attached hydrogen (secondary N) is 2. The first-order chi connectivity index (χ1) is 14.4. The van der Waals surface area contributed by atoms with Crippen molar-refractivity contribution in [3.05, 3.63) is 74.7 Å². The molecular weight excluding hydrogens is 426 g/mol. The first-order valence-electron chi connectivity index (χ1n) is 9.01. The molecule has 2 amide bonds. The number of rotatable bonds is 7. The Balaban J connectivity index is 1.54. The Morgan fingerprint density at radius 2 is 1.80 bits per heavy atom. The lowest BCUT2D eigenvalue weighted by molar-refractivity contribution is 0.0954. The van der Waals surface area contributed by atoms with Crippen molar-refractivity contribution in [2.24, 2.45) is 0 Å². The van der Waals surface area contributed by atoms with Gasteiger partial charge in [0.15, 0.2) is 0 Å². The van der Waals surface area contributed by atoms with Crippen molar-refractivity contribution in [1.82, 2.24) is 10.3 Å². The van der Waals surface area contributed by atoms with Crippen molar-refractivity contribution < 1.29 is 19.1 Å². The second-order valence-electron chi connectivity index (χ2n) is 6.26. The van der Waals surface area contributed by atoms with Gasteiger partial charge in [-0.2, -0.15) is 0 Å². The van der Waals surface area contributed by atoms with Gasteiger partial charge in [-0.25, -0.2) is 9.78 Å². The van der Waals surface area contributed by atoms with Crippen molar-refractivity contribution in [2.75, 3.05) is 12.4 Å². The fourth-order valence-electron chi connectivity index (χ4n) is 2.54. The van der Waals surface area contributed by atoms with Gasteiger partial charge in [0, 0.05) is 17.3 Å². The minimum absolute atomic E-state index is 0.195. The fraction of sp³-hybridized carbons (Fsp3) is 0.190. The van der Waals surface area contributed by atoms with Crippen LogP contribution in [0.15, 0.2) is 48.5 Å². The predicted molar refractivity (Wildman–Crippen MR) is 116 cm³/mol. The summed E-state index contributed by atoms with van der Waals surface area (Å²) in [5.41, 5.74) is 2.16. The van der Waals surface area contributed by atoms with Gasteiger partial charge in [-0.1, -0.05) is 23.7 Å². The smallest absolute Gasteiger partial charge is 0.411 e. The van der Waals surface area contributed by atoms with Crippen molar-refractivity contribution >= 4 is 40.6 Å². The van der Waals surface area contributed by atoms with Gasteiger partial charge in [-0.15, -0.1) is 11.3 Å². The maximum Gasteiger partial charge on any atom is 0.411 e. The molecule has 0 aliphatic carbocycles. The molecule has 0 unspecified atom stereocenters. The van der Waals surface area contributed by atoms with Crippen LogP contribution < -0.4 is 15.4 Å². The van der Waals surface area contributed by atoms with E-state index in [0.29, 0.717) is 38.6 Å². The third-order valence-corrected chi connectivity index (χ3v) is 5.44. The second kappa shape index (κ2) is 10.1. The summed E-state index contributed by atoms with van der Waals surface area (Å²) in [4.78, 5) is 28.7. The number of hydrogen-bond acceptors (Lipinski definition) is 6. The maximum atomic E-state index is 12.5.